The van der Waals surface area contributed by atoms with Crippen LogP contribution in [0.4, 0.5) is 0 Å². The van der Waals surface area contributed by atoms with Gasteiger partial charge >= 0.3 is 0 Å². The number of allylic oxidation sites excluding steroid dienone is 4. The van der Waals surface area contributed by atoms with E-state index in [-0.39, 0.29) is 16.3 Å². The molecule has 0 saturated carbocycles. The summed E-state index contributed by atoms with van der Waals surface area (Å²) in [5.41, 5.74) is 4.68. The molecule has 110 valence electrons. The molecular weight excluding hydrogens is 288 g/mol. The van der Waals surface area contributed by atoms with Gasteiger partial charge in [0.05, 0.1) is 0 Å². The molecule has 0 spiro atoms. The SMILES string of the molecule is CC(=O)C1=CC(c2ccccc2)=C(c2ccccc2)C=S1C. The van der Waals surface area contributed by atoms with Crippen molar-refractivity contribution in [3.63, 3.8) is 0 Å². The Labute approximate surface area is 133 Å². The molecule has 1 aliphatic rings. The summed E-state index contributed by atoms with van der Waals surface area (Å²) in [5, 5.41) is 2.23. The Morgan fingerprint density at radius 1 is 0.818 bits per heavy atom. The lowest BCUT2D eigenvalue weighted by Crippen LogP contribution is -2.03. The smallest absolute Gasteiger partial charge is 0.165 e. The molecule has 1 aliphatic heterocycles. The Bertz CT molecular complexity index is 796. The van der Waals surface area contributed by atoms with Crippen molar-refractivity contribution in [2.45, 2.75) is 6.92 Å². The van der Waals surface area contributed by atoms with Crippen LogP contribution in [0.1, 0.15) is 18.1 Å². The molecule has 2 heteroatoms. The fraction of sp³-hybridized carbons (Fsp3) is 0.100. The summed E-state index contributed by atoms with van der Waals surface area (Å²) in [6.45, 7) is 1.65. The number of rotatable bonds is 3. The molecule has 0 radical (unpaired) electrons. The standard InChI is InChI=1S/C20H18OS/c1-15(21)20-13-18(16-9-5-3-6-10-16)19(14-22(20)2)17-11-7-4-8-12-17/h3-14H,1-2H3. The number of carbonyl (C=O) groups excluding carboxylic acids is 1. The lowest BCUT2D eigenvalue weighted by molar-refractivity contribution is -0.112. The zero-order valence-electron chi connectivity index (χ0n) is 12.7. The quantitative estimate of drug-likeness (QED) is 0.746. The average molecular weight is 306 g/mol. The Hall–Kier alpha value is -2.19. The second-order valence-electron chi connectivity index (χ2n) is 5.30. The van der Waals surface area contributed by atoms with Crippen molar-refractivity contribution in [3.8, 4) is 0 Å². The number of hydrogen-bond acceptors (Lipinski definition) is 1. The fourth-order valence-corrected chi connectivity index (χ4v) is 4.13. The Morgan fingerprint density at radius 3 is 1.82 bits per heavy atom. The highest BCUT2D eigenvalue weighted by Crippen LogP contribution is 2.37. The molecule has 1 unspecified atom stereocenters. The predicted octanol–water partition coefficient (Wildman–Crippen LogP) is 4.78. The normalized spacial score (nSPS) is 17.7. The first-order chi connectivity index (χ1) is 10.7. The van der Waals surface area contributed by atoms with E-state index < -0.39 is 0 Å². The van der Waals surface area contributed by atoms with Gasteiger partial charge in [0.1, 0.15) is 0 Å². The van der Waals surface area contributed by atoms with Crippen LogP contribution in [0.5, 0.6) is 0 Å². The van der Waals surface area contributed by atoms with E-state index in [2.05, 4.69) is 54.1 Å². The second kappa shape index (κ2) is 6.29. The summed E-state index contributed by atoms with van der Waals surface area (Å²) in [7, 11) is -0.154. The van der Waals surface area contributed by atoms with Crippen LogP contribution in [0.15, 0.2) is 71.6 Å². The van der Waals surface area contributed by atoms with Gasteiger partial charge in [-0.2, -0.15) is 10.5 Å². The summed E-state index contributed by atoms with van der Waals surface area (Å²) in [5.74, 6) is 0.155. The summed E-state index contributed by atoms with van der Waals surface area (Å²) in [4.78, 5) is 12.8. The first kappa shape index (κ1) is 14.7. The van der Waals surface area contributed by atoms with Gasteiger partial charge in [-0.15, -0.1) is 0 Å². The highest BCUT2D eigenvalue weighted by atomic mass is 32.2. The maximum Gasteiger partial charge on any atom is 0.165 e. The van der Waals surface area contributed by atoms with E-state index in [0.29, 0.717) is 0 Å². The Morgan fingerprint density at radius 2 is 1.32 bits per heavy atom. The van der Waals surface area contributed by atoms with Gasteiger partial charge in [-0.25, -0.2) is 0 Å². The maximum atomic E-state index is 11.9. The monoisotopic (exact) mass is 306 g/mol. The number of ketones is 1. The summed E-state index contributed by atoms with van der Waals surface area (Å²) in [6.07, 6.45) is 4.18. The topological polar surface area (TPSA) is 17.1 Å². The minimum absolute atomic E-state index is 0.154. The third-order valence-electron chi connectivity index (χ3n) is 3.72. The molecule has 1 heterocycles. The van der Waals surface area contributed by atoms with Gasteiger partial charge in [0, 0.05) is 4.91 Å². The molecule has 0 fully saturated rings. The third-order valence-corrected chi connectivity index (χ3v) is 5.41. The zero-order valence-corrected chi connectivity index (χ0v) is 13.6. The predicted molar refractivity (Wildman–Crippen MR) is 98.0 cm³/mol. The lowest BCUT2D eigenvalue weighted by atomic mass is 9.95. The second-order valence-corrected chi connectivity index (χ2v) is 7.09. The molecule has 0 bridgehead atoms. The van der Waals surface area contributed by atoms with Crippen molar-refractivity contribution in [2.24, 2.45) is 0 Å². The molecule has 1 nitrogen and oxygen atoms in total. The van der Waals surface area contributed by atoms with Crippen LogP contribution < -0.4 is 0 Å². The highest BCUT2D eigenvalue weighted by molar-refractivity contribution is 8.19. The van der Waals surface area contributed by atoms with Gasteiger partial charge in [0.15, 0.2) is 5.78 Å². The van der Waals surface area contributed by atoms with Crippen molar-refractivity contribution in [1.29, 1.82) is 0 Å². The molecule has 0 saturated heterocycles. The Balaban J connectivity index is 2.26. The van der Waals surface area contributed by atoms with Gasteiger partial charge in [0.2, 0.25) is 0 Å². The average Bonchev–Trinajstić information content (AvgIpc) is 2.56. The first-order valence-electron chi connectivity index (χ1n) is 7.24. The summed E-state index contributed by atoms with van der Waals surface area (Å²) < 4.78 is 0. The molecular formula is C20H18OS. The lowest BCUT2D eigenvalue weighted by Gasteiger charge is -2.19. The van der Waals surface area contributed by atoms with Gasteiger partial charge in [-0.05, 0) is 46.9 Å². The Kier molecular flexibility index (Phi) is 4.21. The summed E-state index contributed by atoms with van der Waals surface area (Å²) in [6, 6.07) is 20.7. The molecule has 0 amide bonds. The van der Waals surface area contributed by atoms with E-state index in [4.69, 9.17) is 0 Å². The van der Waals surface area contributed by atoms with Crippen LogP contribution in [-0.2, 0) is 4.79 Å². The van der Waals surface area contributed by atoms with Crippen LogP contribution in [-0.4, -0.2) is 17.4 Å². The minimum atomic E-state index is -0.154. The van der Waals surface area contributed by atoms with E-state index in [0.717, 1.165) is 16.0 Å². The van der Waals surface area contributed by atoms with Crippen LogP contribution >= 0.6 is 10.5 Å². The summed E-state index contributed by atoms with van der Waals surface area (Å²) >= 11 is 0. The largest absolute Gasteiger partial charge is 0.294 e. The third kappa shape index (κ3) is 2.88. The van der Waals surface area contributed by atoms with E-state index in [1.807, 2.05) is 24.3 Å². The molecule has 0 aliphatic carbocycles. The van der Waals surface area contributed by atoms with Crippen LogP contribution in [0.25, 0.3) is 11.1 Å². The number of carbonyl (C=O) groups is 1. The van der Waals surface area contributed by atoms with Gasteiger partial charge in [-0.1, -0.05) is 60.7 Å². The van der Waals surface area contributed by atoms with E-state index in [9.17, 15) is 4.79 Å². The van der Waals surface area contributed by atoms with Crippen molar-refractivity contribution < 1.29 is 4.79 Å². The molecule has 0 aromatic heterocycles. The minimum Gasteiger partial charge on any atom is -0.294 e. The van der Waals surface area contributed by atoms with Crippen LogP contribution in [0.3, 0.4) is 0 Å². The van der Waals surface area contributed by atoms with Crippen LogP contribution in [0, 0.1) is 0 Å². The van der Waals surface area contributed by atoms with Crippen molar-refractivity contribution in [2.75, 3.05) is 6.26 Å². The van der Waals surface area contributed by atoms with Crippen LogP contribution in [0.2, 0.25) is 0 Å². The molecule has 0 N–H and O–H groups in total. The maximum absolute atomic E-state index is 11.9. The fourth-order valence-electron chi connectivity index (χ4n) is 2.63. The molecule has 3 rings (SSSR count). The van der Waals surface area contributed by atoms with Crippen molar-refractivity contribution in [3.05, 3.63) is 82.8 Å². The molecule has 22 heavy (non-hydrogen) atoms. The van der Waals surface area contributed by atoms with Gasteiger partial charge in [-0.3, -0.25) is 4.79 Å². The van der Waals surface area contributed by atoms with E-state index in [1.54, 1.807) is 6.92 Å². The number of hydrogen-bond donors (Lipinski definition) is 0. The molecule has 2 aromatic rings. The van der Waals surface area contributed by atoms with Crippen molar-refractivity contribution >= 4 is 32.8 Å². The molecule has 2 aromatic carbocycles. The van der Waals surface area contributed by atoms with E-state index in [1.165, 1.54) is 11.1 Å². The zero-order chi connectivity index (χ0) is 15.5. The van der Waals surface area contributed by atoms with Gasteiger partial charge < -0.3 is 0 Å². The van der Waals surface area contributed by atoms with Crippen molar-refractivity contribution in [1.82, 2.24) is 0 Å². The first-order valence-corrected chi connectivity index (χ1v) is 8.94. The molecule has 1 atom stereocenters. The highest BCUT2D eigenvalue weighted by Gasteiger charge is 2.17. The van der Waals surface area contributed by atoms with Gasteiger partial charge in [0.25, 0.3) is 0 Å². The number of Topliss-reactive ketones (excluding diaryl/α,β-unsaturated/α-hetero) is 1. The van der Waals surface area contributed by atoms with E-state index >= 15 is 0 Å². The number of benzene rings is 2.